The molecule has 40 heavy (non-hydrogen) atoms. The first kappa shape index (κ1) is 29.6. The second kappa shape index (κ2) is 12.5. The number of thiocarbonyl (C=S) groups is 1. The Balaban J connectivity index is 1.46. The zero-order chi connectivity index (χ0) is 29.1. The molecule has 1 fully saturated rings. The fourth-order valence-corrected chi connectivity index (χ4v) is 7.13. The van der Waals surface area contributed by atoms with Crippen LogP contribution >= 0.6 is 46.5 Å². The standard InChI is InChI=1S/C25H25ClN4O7S3/c1-4-36-23(32)17-13(3)19(24(33)37-5-2)40-21(17)27-25(38)29-10-8-28(9-11-29)22(31)20-18(26)15-7-6-14(30(34)35)12-16(15)39-20/h6-7,12H,4-5,8-11H2,1-3H3,(H,27,38). The zero-order valence-electron chi connectivity index (χ0n) is 21.8. The number of ether oxygens (including phenoxy) is 2. The number of hydrogen-bond donors (Lipinski definition) is 1. The van der Waals surface area contributed by atoms with Gasteiger partial charge >= 0.3 is 11.9 Å². The minimum Gasteiger partial charge on any atom is -0.462 e. The van der Waals surface area contributed by atoms with Gasteiger partial charge in [-0.3, -0.25) is 14.9 Å². The van der Waals surface area contributed by atoms with E-state index in [1.165, 1.54) is 12.1 Å². The first-order valence-electron chi connectivity index (χ1n) is 12.3. The number of fused-ring (bicyclic) bond motifs is 1. The number of amides is 1. The molecule has 2 aromatic heterocycles. The van der Waals surface area contributed by atoms with Crippen LogP contribution in [0.25, 0.3) is 10.1 Å². The number of anilines is 1. The minimum atomic E-state index is -0.571. The number of rotatable bonds is 7. The summed E-state index contributed by atoms with van der Waals surface area (Å²) < 4.78 is 10.9. The molecule has 15 heteroatoms. The van der Waals surface area contributed by atoms with Crippen molar-refractivity contribution in [1.82, 2.24) is 9.80 Å². The van der Waals surface area contributed by atoms with Crippen molar-refractivity contribution in [2.24, 2.45) is 0 Å². The number of halogens is 1. The van der Waals surface area contributed by atoms with Crippen LogP contribution in [0.2, 0.25) is 5.02 Å². The molecule has 1 aliphatic rings. The summed E-state index contributed by atoms with van der Waals surface area (Å²) in [6.45, 7) is 6.95. The van der Waals surface area contributed by atoms with Gasteiger partial charge < -0.3 is 24.6 Å². The van der Waals surface area contributed by atoms with Crippen molar-refractivity contribution in [3.63, 3.8) is 0 Å². The van der Waals surface area contributed by atoms with Crippen LogP contribution in [0.4, 0.5) is 10.7 Å². The predicted octanol–water partition coefficient (Wildman–Crippen LogP) is 5.34. The third-order valence-corrected chi connectivity index (χ3v) is 9.37. The van der Waals surface area contributed by atoms with Gasteiger partial charge in [-0.15, -0.1) is 22.7 Å². The maximum Gasteiger partial charge on any atom is 0.348 e. The molecule has 11 nitrogen and oxygen atoms in total. The van der Waals surface area contributed by atoms with E-state index in [4.69, 9.17) is 33.3 Å². The van der Waals surface area contributed by atoms with Crippen LogP contribution in [0.5, 0.6) is 0 Å². The molecule has 0 radical (unpaired) electrons. The van der Waals surface area contributed by atoms with Gasteiger partial charge in [0, 0.05) is 48.4 Å². The Morgan fingerprint density at radius 2 is 1.68 bits per heavy atom. The van der Waals surface area contributed by atoms with Crippen molar-refractivity contribution in [3.05, 3.63) is 54.2 Å². The van der Waals surface area contributed by atoms with Crippen molar-refractivity contribution in [1.29, 1.82) is 0 Å². The summed E-state index contributed by atoms with van der Waals surface area (Å²) in [7, 11) is 0. The first-order valence-corrected chi connectivity index (χ1v) is 14.7. The van der Waals surface area contributed by atoms with E-state index < -0.39 is 16.9 Å². The van der Waals surface area contributed by atoms with Gasteiger partial charge in [-0.2, -0.15) is 0 Å². The third-order valence-electron chi connectivity index (χ3n) is 6.18. The molecule has 212 valence electrons. The first-order chi connectivity index (χ1) is 19.1. The molecule has 1 amide bonds. The van der Waals surface area contributed by atoms with Gasteiger partial charge in [0.1, 0.15) is 14.8 Å². The molecule has 0 aliphatic carbocycles. The van der Waals surface area contributed by atoms with Crippen molar-refractivity contribution >= 4 is 90.2 Å². The molecule has 0 bridgehead atoms. The quantitative estimate of drug-likeness (QED) is 0.159. The fraction of sp³-hybridized carbons (Fsp3) is 0.360. The summed E-state index contributed by atoms with van der Waals surface area (Å²) in [5, 5.41) is 15.8. The maximum atomic E-state index is 13.3. The van der Waals surface area contributed by atoms with Crippen LogP contribution in [0.1, 0.15) is 49.1 Å². The van der Waals surface area contributed by atoms with Gasteiger partial charge in [-0.25, -0.2) is 9.59 Å². The predicted molar refractivity (Wildman–Crippen MR) is 158 cm³/mol. The number of esters is 2. The van der Waals surface area contributed by atoms with Crippen LogP contribution in [-0.2, 0) is 9.47 Å². The molecule has 1 N–H and O–H groups in total. The second-order valence-corrected chi connectivity index (χ2v) is 11.4. The molecule has 0 unspecified atom stereocenters. The lowest BCUT2D eigenvalue weighted by Crippen LogP contribution is -2.51. The highest BCUT2D eigenvalue weighted by molar-refractivity contribution is 7.80. The number of nitrogens with zero attached hydrogens (tertiary/aromatic N) is 3. The Kier molecular flexibility index (Phi) is 9.23. The van der Waals surface area contributed by atoms with Crippen molar-refractivity contribution in [2.45, 2.75) is 20.8 Å². The van der Waals surface area contributed by atoms with Gasteiger partial charge in [-0.05, 0) is 44.6 Å². The van der Waals surface area contributed by atoms with E-state index in [2.05, 4.69) is 5.32 Å². The van der Waals surface area contributed by atoms with Crippen LogP contribution in [0.3, 0.4) is 0 Å². The number of nitro benzene ring substituents is 1. The molecule has 3 aromatic rings. The van der Waals surface area contributed by atoms with Crippen LogP contribution in [0.15, 0.2) is 18.2 Å². The highest BCUT2D eigenvalue weighted by atomic mass is 35.5. The molecule has 0 spiro atoms. The lowest BCUT2D eigenvalue weighted by molar-refractivity contribution is -0.384. The van der Waals surface area contributed by atoms with E-state index in [-0.39, 0.29) is 40.3 Å². The molecule has 3 heterocycles. The molecular weight excluding hydrogens is 600 g/mol. The fourth-order valence-electron chi connectivity index (χ4n) is 4.18. The SMILES string of the molecule is CCOC(=O)c1sc(NC(=S)N2CCN(C(=O)c3sc4cc([N+](=O)[O-])ccc4c3Cl)CC2)c(C(=O)OCC)c1C. The number of hydrogen-bond acceptors (Lipinski definition) is 10. The molecule has 0 saturated carbocycles. The van der Waals surface area contributed by atoms with E-state index in [9.17, 15) is 24.5 Å². The topological polar surface area (TPSA) is 131 Å². The van der Waals surface area contributed by atoms with Crippen molar-refractivity contribution in [3.8, 4) is 0 Å². The number of piperazine rings is 1. The number of carbonyl (C=O) groups is 3. The molecule has 1 saturated heterocycles. The molecule has 1 aliphatic heterocycles. The Morgan fingerprint density at radius 1 is 1.05 bits per heavy atom. The van der Waals surface area contributed by atoms with Gasteiger partial charge in [0.25, 0.3) is 11.6 Å². The van der Waals surface area contributed by atoms with E-state index >= 15 is 0 Å². The normalized spacial score (nSPS) is 13.3. The van der Waals surface area contributed by atoms with Crippen LogP contribution in [0, 0.1) is 17.0 Å². The Morgan fingerprint density at radius 3 is 2.30 bits per heavy atom. The summed E-state index contributed by atoms with van der Waals surface area (Å²) >= 11 is 14.3. The summed E-state index contributed by atoms with van der Waals surface area (Å²) in [6, 6.07) is 4.32. The molecule has 1 aromatic carbocycles. The minimum absolute atomic E-state index is 0.0690. The summed E-state index contributed by atoms with van der Waals surface area (Å²) in [5.74, 6) is -1.36. The number of benzene rings is 1. The van der Waals surface area contributed by atoms with Crippen LogP contribution in [-0.4, -0.2) is 77.1 Å². The van der Waals surface area contributed by atoms with Crippen molar-refractivity contribution in [2.75, 3.05) is 44.7 Å². The smallest absolute Gasteiger partial charge is 0.348 e. The number of carbonyl (C=O) groups excluding carboxylic acids is 3. The summed E-state index contributed by atoms with van der Waals surface area (Å²) in [5.41, 5.74) is 0.610. The lowest BCUT2D eigenvalue weighted by atomic mass is 10.1. The zero-order valence-corrected chi connectivity index (χ0v) is 25.0. The monoisotopic (exact) mass is 624 g/mol. The van der Waals surface area contributed by atoms with E-state index in [1.807, 2.05) is 4.90 Å². The van der Waals surface area contributed by atoms with Crippen LogP contribution < -0.4 is 5.32 Å². The highest BCUT2D eigenvalue weighted by Crippen LogP contribution is 2.38. The van der Waals surface area contributed by atoms with Gasteiger partial charge in [0.05, 0.1) is 28.7 Å². The number of thiophene rings is 2. The number of nitro groups is 1. The molecular formula is C25H25ClN4O7S3. The average molecular weight is 625 g/mol. The third kappa shape index (κ3) is 5.89. The van der Waals surface area contributed by atoms with Gasteiger partial charge in [0.2, 0.25) is 0 Å². The van der Waals surface area contributed by atoms with Crippen molar-refractivity contribution < 1.29 is 28.8 Å². The van der Waals surface area contributed by atoms with Gasteiger partial charge in [-0.1, -0.05) is 11.6 Å². The largest absolute Gasteiger partial charge is 0.462 e. The summed E-state index contributed by atoms with van der Waals surface area (Å²) in [4.78, 5) is 53.1. The second-order valence-electron chi connectivity index (χ2n) is 8.59. The van der Waals surface area contributed by atoms with E-state index in [1.54, 1.807) is 31.7 Å². The number of non-ortho nitro benzene ring substituents is 1. The Labute approximate surface area is 247 Å². The lowest BCUT2D eigenvalue weighted by Gasteiger charge is -2.36. The van der Waals surface area contributed by atoms with E-state index in [0.717, 1.165) is 22.7 Å². The summed E-state index contributed by atoms with van der Waals surface area (Å²) in [6.07, 6.45) is 0. The van der Waals surface area contributed by atoms with E-state index in [0.29, 0.717) is 56.8 Å². The highest BCUT2D eigenvalue weighted by Gasteiger charge is 2.30. The Bertz CT molecular complexity index is 1510. The maximum absolute atomic E-state index is 13.3. The molecule has 4 rings (SSSR count). The Hall–Kier alpha value is -3.33. The molecule has 0 atom stereocenters. The van der Waals surface area contributed by atoms with Gasteiger partial charge in [0.15, 0.2) is 5.11 Å². The average Bonchev–Trinajstić information content (AvgIpc) is 3.44. The number of nitrogens with one attached hydrogen (secondary N) is 1.